The maximum Gasteiger partial charge on any atom is 0.223 e. The number of amides is 1. The molecule has 0 bridgehead atoms. The van der Waals surface area contributed by atoms with Gasteiger partial charge < -0.3 is 9.42 Å². The third kappa shape index (κ3) is 3.18. The molecule has 7 nitrogen and oxygen atoms in total. The number of aromatic nitrogens is 4. The van der Waals surface area contributed by atoms with Crippen molar-refractivity contribution in [2.45, 2.75) is 33.2 Å². The van der Waals surface area contributed by atoms with Crippen LogP contribution in [0.5, 0.6) is 0 Å². The predicted octanol–water partition coefficient (Wildman–Crippen LogP) is 1.00. The maximum absolute atomic E-state index is 12.0. The van der Waals surface area contributed by atoms with Gasteiger partial charge in [-0.2, -0.15) is 5.10 Å². The first-order valence-electron chi connectivity index (χ1n) is 6.08. The summed E-state index contributed by atoms with van der Waals surface area (Å²) in [7, 11) is 1.75. The van der Waals surface area contributed by atoms with E-state index in [2.05, 4.69) is 20.3 Å². The van der Waals surface area contributed by atoms with E-state index in [1.807, 2.05) is 13.8 Å². The van der Waals surface area contributed by atoms with E-state index in [4.69, 9.17) is 4.52 Å². The van der Waals surface area contributed by atoms with Crippen molar-refractivity contribution < 1.29 is 9.32 Å². The smallest absolute Gasteiger partial charge is 0.223 e. The van der Waals surface area contributed by atoms with Crippen molar-refractivity contribution in [1.82, 2.24) is 25.2 Å². The highest BCUT2D eigenvalue weighted by molar-refractivity contribution is 5.76. The van der Waals surface area contributed by atoms with E-state index in [0.717, 1.165) is 17.0 Å². The van der Waals surface area contributed by atoms with Gasteiger partial charge in [-0.3, -0.25) is 9.89 Å². The van der Waals surface area contributed by atoms with Gasteiger partial charge in [0.2, 0.25) is 5.91 Å². The van der Waals surface area contributed by atoms with Crippen LogP contribution in [0.1, 0.15) is 29.3 Å². The molecule has 0 aromatic carbocycles. The number of nitrogens with one attached hydrogen (secondary N) is 1. The number of aromatic amines is 1. The fraction of sp³-hybridized carbons (Fsp3) is 0.500. The summed E-state index contributed by atoms with van der Waals surface area (Å²) in [6.45, 7) is 4.17. The molecule has 0 aliphatic heterocycles. The lowest BCUT2D eigenvalue weighted by molar-refractivity contribution is -0.130. The summed E-state index contributed by atoms with van der Waals surface area (Å²) in [5.74, 6) is 1.51. The van der Waals surface area contributed by atoms with Crippen LogP contribution in [0.4, 0.5) is 0 Å². The molecule has 102 valence electrons. The van der Waals surface area contributed by atoms with Crippen molar-refractivity contribution in [1.29, 1.82) is 0 Å². The number of H-pyrrole nitrogens is 1. The summed E-state index contributed by atoms with van der Waals surface area (Å²) < 4.78 is 5.08. The number of carbonyl (C=O) groups excluding carboxylic acids is 1. The van der Waals surface area contributed by atoms with Crippen LogP contribution < -0.4 is 0 Å². The average molecular weight is 263 g/mol. The third-order valence-electron chi connectivity index (χ3n) is 3.05. The van der Waals surface area contributed by atoms with Crippen LogP contribution in [0, 0.1) is 13.8 Å². The zero-order valence-electron chi connectivity index (χ0n) is 11.3. The van der Waals surface area contributed by atoms with Gasteiger partial charge in [0, 0.05) is 19.0 Å². The Morgan fingerprint density at radius 3 is 2.84 bits per heavy atom. The Kier molecular flexibility index (Phi) is 3.94. The number of rotatable bonds is 5. The summed E-state index contributed by atoms with van der Waals surface area (Å²) in [5, 5.41) is 10.4. The number of carbonyl (C=O) groups is 1. The Hall–Kier alpha value is -2.18. The monoisotopic (exact) mass is 263 g/mol. The normalized spacial score (nSPS) is 10.7. The van der Waals surface area contributed by atoms with Gasteiger partial charge in [0.1, 0.15) is 17.9 Å². The molecule has 0 aliphatic rings. The minimum atomic E-state index is 0.0522. The van der Waals surface area contributed by atoms with E-state index < -0.39 is 0 Å². The molecule has 0 unspecified atom stereocenters. The lowest BCUT2D eigenvalue weighted by Crippen LogP contribution is -2.27. The Morgan fingerprint density at radius 2 is 2.26 bits per heavy atom. The van der Waals surface area contributed by atoms with Crippen LogP contribution in [0.25, 0.3) is 0 Å². The quantitative estimate of drug-likeness (QED) is 0.869. The molecule has 19 heavy (non-hydrogen) atoms. The number of hydrogen-bond donors (Lipinski definition) is 1. The van der Waals surface area contributed by atoms with Gasteiger partial charge in [0.25, 0.3) is 0 Å². The minimum absolute atomic E-state index is 0.0522. The first-order chi connectivity index (χ1) is 9.08. The van der Waals surface area contributed by atoms with Gasteiger partial charge in [0.15, 0.2) is 0 Å². The summed E-state index contributed by atoms with van der Waals surface area (Å²) in [6.07, 6.45) is 2.49. The van der Waals surface area contributed by atoms with E-state index in [9.17, 15) is 4.79 Å². The highest BCUT2D eigenvalue weighted by Gasteiger charge is 2.14. The van der Waals surface area contributed by atoms with Gasteiger partial charge in [-0.15, -0.1) is 0 Å². The molecule has 2 heterocycles. The molecule has 1 amide bonds. The molecule has 0 radical (unpaired) electrons. The molecular formula is C12H17N5O2. The lowest BCUT2D eigenvalue weighted by Gasteiger charge is -2.15. The topological polar surface area (TPSA) is 87.9 Å². The van der Waals surface area contributed by atoms with Gasteiger partial charge >= 0.3 is 0 Å². The van der Waals surface area contributed by atoms with Crippen molar-refractivity contribution in [2.75, 3.05) is 7.05 Å². The van der Waals surface area contributed by atoms with E-state index in [1.54, 1.807) is 11.9 Å². The molecule has 0 atom stereocenters. The molecule has 0 saturated heterocycles. The van der Waals surface area contributed by atoms with Crippen molar-refractivity contribution >= 4 is 5.91 Å². The molecule has 7 heteroatoms. The Morgan fingerprint density at radius 1 is 1.47 bits per heavy atom. The van der Waals surface area contributed by atoms with E-state index in [1.165, 1.54) is 6.33 Å². The van der Waals surface area contributed by atoms with Crippen LogP contribution >= 0.6 is 0 Å². The van der Waals surface area contributed by atoms with Crippen LogP contribution in [0.15, 0.2) is 10.9 Å². The Bertz CT molecular complexity index is 527. The van der Waals surface area contributed by atoms with Crippen molar-refractivity contribution in [3.8, 4) is 0 Å². The second kappa shape index (κ2) is 5.64. The zero-order chi connectivity index (χ0) is 13.8. The molecule has 2 aromatic rings. The maximum atomic E-state index is 12.0. The zero-order valence-corrected chi connectivity index (χ0v) is 11.3. The number of hydrogen-bond acceptors (Lipinski definition) is 5. The number of nitrogens with zero attached hydrogens (tertiary/aromatic N) is 4. The number of aryl methyl sites for hydroxylation is 2. The first-order valence-corrected chi connectivity index (χ1v) is 6.08. The van der Waals surface area contributed by atoms with Gasteiger partial charge in [-0.1, -0.05) is 5.16 Å². The summed E-state index contributed by atoms with van der Waals surface area (Å²) >= 11 is 0. The predicted molar refractivity (Wildman–Crippen MR) is 67.2 cm³/mol. The largest absolute Gasteiger partial charge is 0.361 e. The molecule has 0 fully saturated rings. The summed E-state index contributed by atoms with van der Waals surface area (Å²) in [6, 6.07) is 0. The third-order valence-corrected chi connectivity index (χ3v) is 3.05. The Labute approximate surface area is 111 Å². The second-order valence-corrected chi connectivity index (χ2v) is 4.48. The average Bonchev–Trinajstić information content (AvgIpc) is 2.98. The van der Waals surface area contributed by atoms with E-state index in [-0.39, 0.29) is 5.91 Å². The van der Waals surface area contributed by atoms with E-state index in [0.29, 0.717) is 25.2 Å². The first kappa shape index (κ1) is 13.3. The standard InChI is InChI=1S/C12H17N5O2/c1-8-10(9(2)19-16-8)4-5-12(18)17(3)6-11-13-7-14-15-11/h7H,4-6H2,1-3H3,(H,13,14,15). The van der Waals surface area contributed by atoms with Crippen LogP contribution in [-0.2, 0) is 17.8 Å². The van der Waals surface area contributed by atoms with E-state index >= 15 is 0 Å². The van der Waals surface area contributed by atoms with Gasteiger partial charge in [-0.05, 0) is 20.3 Å². The SMILES string of the molecule is Cc1noc(C)c1CCC(=O)N(C)Cc1ncn[nH]1. The lowest BCUT2D eigenvalue weighted by atomic mass is 10.1. The van der Waals surface area contributed by atoms with Crippen LogP contribution in [-0.4, -0.2) is 38.2 Å². The molecule has 2 rings (SSSR count). The molecule has 2 aromatic heterocycles. The van der Waals surface area contributed by atoms with Gasteiger partial charge in [0.05, 0.1) is 12.2 Å². The highest BCUT2D eigenvalue weighted by atomic mass is 16.5. The van der Waals surface area contributed by atoms with Crippen molar-refractivity contribution in [2.24, 2.45) is 0 Å². The molecule has 0 spiro atoms. The molecule has 1 N–H and O–H groups in total. The van der Waals surface area contributed by atoms with Crippen LogP contribution in [0.2, 0.25) is 0 Å². The molecule has 0 saturated carbocycles. The molecular weight excluding hydrogens is 246 g/mol. The summed E-state index contributed by atoms with van der Waals surface area (Å²) in [4.78, 5) is 17.6. The minimum Gasteiger partial charge on any atom is -0.361 e. The van der Waals surface area contributed by atoms with Crippen molar-refractivity contribution in [3.63, 3.8) is 0 Å². The fourth-order valence-electron chi connectivity index (χ4n) is 1.90. The molecule has 0 aliphatic carbocycles. The second-order valence-electron chi connectivity index (χ2n) is 4.48. The summed E-state index contributed by atoms with van der Waals surface area (Å²) in [5.41, 5.74) is 1.87. The van der Waals surface area contributed by atoms with Gasteiger partial charge in [-0.25, -0.2) is 4.98 Å². The van der Waals surface area contributed by atoms with Crippen LogP contribution in [0.3, 0.4) is 0 Å². The fourth-order valence-corrected chi connectivity index (χ4v) is 1.90. The van der Waals surface area contributed by atoms with Crippen molar-refractivity contribution in [3.05, 3.63) is 29.2 Å². The highest BCUT2D eigenvalue weighted by Crippen LogP contribution is 2.14. The Balaban J connectivity index is 1.87.